The molecule has 0 aromatic heterocycles. The standard InChI is InChI=1S/C22H21N3OS/c1-16(17-8-10-19(11-9-17)18-6-4-3-5-7-18)24-25-22(27)23-20-12-14-21(26-2)15-13-20/h3-15H,1-2H3,(H2,23,25,27)/b24-16-. The monoisotopic (exact) mass is 375 g/mol. The Morgan fingerprint density at radius 2 is 1.48 bits per heavy atom. The Labute approximate surface area is 164 Å². The lowest BCUT2D eigenvalue weighted by Crippen LogP contribution is -2.24. The third-order valence-electron chi connectivity index (χ3n) is 4.08. The van der Waals surface area contributed by atoms with Crippen molar-refractivity contribution in [2.45, 2.75) is 6.92 Å². The van der Waals surface area contributed by atoms with E-state index in [9.17, 15) is 0 Å². The first kappa shape index (κ1) is 18.6. The fourth-order valence-electron chi connectivity index (χ4n) is 2.57. The molecule has 0 aliphatic carbocycles. The number of methoxy groups -OCH3 is 1. The van der Waals surface area contributed by atoms with Crippen molar-refractivity contribution in [3.8, 4) is 16.9 Å². The van der Waals surface area contributed by atoms with Crippen molar-refractivity contribution in [2.75, 3.05) is 12.4 Å². The Bertz CT molecular complexity index is 920. The molecule has 0 bridgehead atoms. The van der Waals surface area contributed by atoms with Crippen molar-refractivity contribution in [1.29, 1.82) is 0 Å². The number of rotatable bonds is 5. The maximum atomic E-state index is 5.29. The Balaban J connectivity index is 1.60. The van der Waals surface area contributed by atoms with Gasteiger partial charge in [-0.3, -0.25) is 5.43 Å². The summed E-state index contributed by atoms with van der Waals surface area (Å²) in [6, 6.07) is 26.1. The number of nitrogens with zero attached hydrogens (tertiary/aromatic N) is 1. The second-order valence-corrected chi connectivity index (χ2v) is 6.34. The van der Waals surface area contributed by atoms with Crippen LogP contribution in [0.15, 0.2) is 84.0 Å². The third-order valence-corrected chi connectivity index (χ3v) is 4.28. The van der Waals surface area contributed by atoms with Gasteiger partial charge in [0, 0.05) is 5.69 Å². The highest BCUT2D eigenvalue weighted by atomic mass is 32.1. The van der Waals surface area contributed by atoms with Crippen LogP contribution in [0.1, 0.15) is 12.5 Å². The van der Waals surface area contributed by atoms with E-state index < -0.39 is 0 Å². The highest BCUT2D eigenvalue weighted by Crippen LogP contribution is 2.19. The Morgan fingerprint density at radius 3 is 2.11 bits per heavy atom. The number of hydrazone groups is 1. The zero-order valence-electron chi connectivity index (χ0n) is 15.3. The topological polar surface area (TPSA) is 45.6 Å². The van der Waals surface area contributed by atoms with Crippen LogP contribution in [0.4, 0.5) is 5.69 Å². The fourth-order valence-corrected chi connectivity index (χ4v) is 2.73. The zero-order chi connectivity index (χ0) is 19.1. The molecule has 5 heteroatoms. The number of nitrogens with one attached hydrogen (secondary N) is 2. The fraction of sp³-hybridized carbons (Fsp3) is 0.0909. The SMILES string of the molecule is COc1ccc(NC(=S)N/N=C(/C)c2ccc(-c3ccccc3)cc2)cc1. The summed E-state index contributed by atoms with van der Waals surface area (Å²) in [6.07, 6.45) is 0. The van der Waals surface area contributed by atoms with Crippen LogP contribution in [0.25, 0.3) is 11.1 Å². The molecule has 3 aromatic carbocycles. The molecule has 2 N–H and O–H groups in total. The van der Waals surface area contributed by atoms with Crippen LogP contribution in [0.2, 0.25) is 0 Å². The van der Waals surface area contributed by atoms with Gasteiger partial charge in [-0.2, -0.15) is 5.10 Å². The molecule has 0 saturated heterocycles. The number of benzene rings is 3. The first-order chi connectivity index (χ1) is 13.2. The van der Waals surface area contributed by atoms with Gasteiger partial charge in [-0.25, -0.2) is 0 Å². The molecule has 3 aromatic rings. The zero-order valence-corrected chi connectivity index (χ0v) is 16.1. The molecule has 0 atom stereocenters. The van der Waals surface area contributed by atoms with Crippen LogP contribution >= 0.6 is 12.2 Å². The van der Waals surface area contributed by atoms with Gasteiger partial charge >= 0.3 is 0 Å². The van der Waals surface area contributed by atoms with Gasteiger partial charge in [-0.15, -0.1) is 0 Å². The predicted molar refractivity (Wildman–Crippen MR) is 116 cm³/mol. The van der Waals surface area contributed by atoms with Crippen molar-refractivity contribution in [3.63, 3.8) is 0 Å². The van der Waals surface area contributed by atoms with E-state index in [2.05, 4.69) is 52.2 Å². The van der Waals surface area contributed by atoms with Crippen molar-refractivity contribution < 1.29 is 4.74 Å². The molecular weight excluding hydrogens is 354 g/mol. The first-order valence-corrected chi connectivity index (χ1v) is 8.98. The maximum Gasteiger partial charge on any atom is 0.191 e. The van der Waals surface area contributed by atoms with Crippen molar-refractivity contribution in [2.24, 2.45) is 5.10 Å². The second kappa shape index (κ2) is 8.96. The predicted octanol–water partition coefficient (Wildman–Crippen LogP) is 5.07. The van der Waals surface area contributed by atoms with Gasteiger partial charge in [0.25, 0.3) is 0 Å². The minimum absolute atomic E-state index is 0.431. The average Bonchev–Trinajstić information content (AvgIpc) is 2.73. The van der Waals surface area contributed by atoms with Gasteiger partial charge in [0.05, 0.1) is 12.8 Å². The van der Waals surface area contributed by atoms with Crippen LogP contribution in [-0.4, -0.2) is 17.9 Å². The molecule has 136 valence electrons. The minimum Gasteiger partial charge on any atom is -0.497 e. The van der Waals surface area contributed by atoms with Crippen LogP contribution in [-0.2, 0) is 0 Å². The molecule has 0 unspecified atom stereocenters. The van der Waals surface area contributed by atoms with E-state index in [0.717, 1.165) is 22.7 Å². The van der Waals surface area contributed by atoms with Gasteiger partial charge in [0.1, 0.15) is 5.75 Å². The van der Waals surface area contributed by atoms with Crippen LogP contribution in [0.3, 0.4) is 0 Å². The highest BCUT2D eigenvalue weighted by Gasteiger charge is 2.02. The highest BCUT2D eigenvalue weighted by molar-refractivity contribution is 7.80. The second-order valence-electron chi connectivity index (χ2n) is 5.94. The average molecular weight is 375 g/mol. The van der Waals surface area contributed by atoms with E-state index >= 15 is 0 Å². The number of anilines is 1. The Hall–Kier alpha value is -3.18. The Kier molecular flexibility index (Phi) is 6.18. The number of hydrogen-bond donors (Lipinski definition) is 2. The molecule has 4 nitrogen and oxygen atoms in total. The summed E-state index contributed by atoms with van der Waals surface area (Å²) in [4.78, 5) is 0. The van der Waals surface area contributed by atoms with Crippen molar-refractivity contribution >= 4 is 28.7 Å². The summed E-state index contributed by atoms with van der Waals surface area (Å²) in [5, 5.41) is 7.88. The largest absolute Gasteiger partial charge is 0.497 e. The van der Waals surface area contributed by atoms with E-state index in [0.29, 0.717) is 5.11 Å². The summed E-state index contributed by atoms with van der Waals surface area (Å²) < 4.78 is 5.14. The molecule has 0 fully saturated rings. The quantitative estimate of drug-likeness (QED) is 0.371. The molecule has 0 aliphatic rings. The van der Waals surface area contributed by atoms with Gasteiger partial charge in [0.2, 0.25) is 0 Å². The summed E-state index contributed by atoms with van der Waals surface area (Å²) in [5.74, 6) is 0.798. The van der Waals surface area contributed by atoms with E-state index in [4.69, 9.17) is 17.0 Å². The molecule has 0 saturated carbocycles. The van der Waals surface area contributed by atoms with Crippen molar-refractivity contribution in [1.82, 2.24) is 5.43 Å². The first-order valence-electron chi connectivity index (χ1n) is 8.57. The molecule has 3 rings (SSSR count). The van der Waals surface area contributed by atoms with Gasteiger partial charge < -0.3 is 10.1 Å². The molecular formula is C22H21N3OS. The lowest BCUT2D eigenvalue weighted by molar-refractivity contribution is 0.415. The molecule has 0 spiro atoms. The summed E-state index contributed by atoms with van der Waals surface area (Å²) >= 11 is 5.29. The number of ether oxygens (including phenoxy) is 1. The van der Waals surface area contributed by atoms with E-state index in [-0.39, 0.29) is 0 Å². The lowest BCUT2D eigenvalue weighted by Gasteiger charge is -2.09. The summed E-state index contributed by atoms with van der Waals surface area (Å²) in [6.45, 7) is 1.94. The molecule has 0 radical (unpaired) electrons. The molecule has 0 heterocycles. The van der Waals surface area contributed by atoms with Crippen LogP contribution < -0.4 is 15.5 Å². The number of hydrogen-bond acceptors (Lipinski definition) is 3. The number of thiocarbonyl (C=S) groups is 1. The smallest absolute Gasteiger partial charge is 0.191 e. The molecule has 27 heavy (non-hydrogen) atoms. The van der Waals surface area contributed by atoms with Crippen molar-refractivity contribution in [3.05, 3.63) is 84.4 Å². The molecule has 0 amide bonds. The molecule has 0 aliphatic heterocycles. The van der Waals surface area contributed by atoms with Gasteiger partial charge in [-0.1, -0.05) is 54.6 Å². The maximum absolute atomic E-state index is 5.29. The van der Waals surface area contributed by atoms with Crippen LogP contribution in [0, 0.1) is 0 Å². The third kappa shape index (κ3) is 5.15. The lowest BCUT2D eigenvalue weighted by atomic mass is 10.0. The van der Waals surface area contributed by atoms with Crippen LogP contribution in [0.5, 0.6) is 5.75 Å². The van der Waals surface area contributed by atoms with E-state index in [1.54, 1.807) is 7.11 Å². The summed E-state index contributed by atoms with van der Waals surface area (Å²) in [5.41, 5.74) is 8.02. The van der Waals surface area contributed by atoms with Gasteiger partial charge in [0.15, 0.2) is 5.11 Å². The van der Waals surface area contributed by atoms with E-state index in [1.807, 2.05) is 49.4 Å². The minimum atomic E-state index is 0.431. The van der Waals surface area contributed by atoms with E-state index in [1.165, 1.54) is 11.1 Å². The van der Waals surface area contributed by atoms with Gasteiger partial charge in [-0.05, 0) is 60.1 Å². The Morgan fingerprint density at radius 1 is 0.852 bits per heavy atom. The summed E-state index contributed by atoms with van der Waals surface area (Å²) in [7, 11) is 1.64. The normalized spacial score (nSPS) is 11.0.